The second-order valence-corrected chi connectivity index (χ2v) is 5.50. The van der Waals surface area contributed by atoms with Gasteiger partial charge in [-0.3, -0.25) is 0 Å². The predicted molar refractivity (Wildman–Crippen MR) is 77.8 cm³/mol. The van der Waals surface area contributed by atoms with Crippen LogP contribution >= 0.6 is 0 Å². The molecular formula is C16H26N2. The van der Waals surface area contributed by atoms with Crippen molar-refractivity contribution in [1.29, 1.82) is 0 Å². The molecule has 100 valence electrons. The van der Waals surface area contributed by atoms with Gasteiger partial charge in [-0.1, -0.05) is 44.0 Å². The largest absolute Gasteiger partial charge is 0.313 e. The van der Waals surface area contributed by atoms with Gasteiger partial charge in [0.1, 0.15) is 0 Å². The second-order valence-electron chi connectivity index (χ2n) is 5.50. The first-order valence-corrected chi connectivity index (χ1v) is 7.33. The highest BCUT2D eigenvalue weighted by atomic mass is 15.0. The van der Waals surface area contributed by atoms with Gasteiger partial charge in [0.2, 0.25) is 0 Å². The molecule has 1 aliphatic rings. The average Bonchev–Trinajstić information content (AvgIpc) is 2.42. The van der Waals surface area contributed by atoms with Crippen LogP contribution in [-0.4, -0.2) is 18.6 Å². The summed E-state index contributed by atoms with van der Waals surface area (Å²) in [6, 6.07) is 10.0. The molecule has 2 heteroatoms. The monoisotopic (exact) mass is 246 g/mol. The van der Waals surface area contributed by atoms with Crippen LogP contribution in [-0.2, 0) is 13.0 Å². The Morgan fingerprint density at radius 2 is 2.11 bits per heavy atom. The number of hydrogen-bond acceptors (Lipinski definition) is 2. The lowest BCUT2D eigenvalue weighted by atomic mass is 9.96. The molecule has 0 radical (unpaired) electrons. The fraction of sp³-hybridized carbons (Fsp3) is 0.625. The maximum atomic E-state index is 3.66. The SMILES string of the molecule is CCCCC(C)NC[C@H]1Cc2ccccc2CN1. The average molecular weight is 246 g/mol. The number of unbranched alkanes of at least 4 members (excludes halogenated alkanes) is 1. The van der Waals surface area contributed by atoms with Crippen molar-refractivity contribution >= 4 is 0 Å². The molecule has 0 aromatic heterocycles. The van der Waals surface area contributed by atoms with Crippen molar-refractivity contribution in [2.45, 2.75) is 58.2 Å². The lowest BCUT2D eigenvalue weighted by Gasteiger charge is -2.27. The molecule has 1 unspecified atom stereocenters. The third-order valence-electron chi connectivity index (χ3n) is 3.87. The lowest BCUT2D eigenvalue weighted by Crippen LogP contribution is -2.45. The van der Waals surface area contributed by atoms with Gasteiger partial charge < -0.3 is 10.6 Å². The van der Waals surface area contributed by atoms with Gasteiger partial charge in [-0.05, 0) is 30.9 Å². The van der Waals surface area contributed by atoms with E-state index in [4.69, 9.17) is 0 Å². The van der Waals surface area contributed by atoms with E-state index in [0.717, 1.165) is 19.5 Å². The topological polar surface area (TPSA) is 24.1 Å². The molecule has 1 aromatic rings. The second kappa shape index (κ2) is 6.91. The molecule has 0 spiro atoms. The summed E-state index contributed by atoms with van der Waals surface area (Å²) in [4.78, 5) is 0. The van der Waals surface area contributed by atoms with Crippen molar-refractivity contribution in [3.05, 3.63) is 35.4 Å². The molecule has 2 atom stereocenters. The van der Waals surface area contributed by atoms with Crippen LogP contribution in [0.15, 0.2) is 24.3 Å². The molecule has 0 amide bonds. The van der Waals surface area contributed by atoms with E-state index < -0.39 is 0 Å². The van der Waals surface area contributed by atoms with Crippen molar-refractivity contribution in [3.8, 4) is 0 Å². The lowest BCUT2D eigenvalue weighted by molar-refractivity contribution is 0.408. The number of benzene rings is 1. The number of fused-ring (bicyclic) bond motifs is 1. The Bertz CT molecular complexity index is 362. The van der Waals surface area contributed by atoms with Crippen LogP contribution in [0.1, 0.15) is 44.2 Å². The van der Waals surface area contributed by atoms with Crippen LogP contribution in [0.4, 0.5) is 0 Å². The summed E-state index contributed by atoms with van der Waals surface area (Å²) in [5, 5.41) is 7.28. The molecule has 1 heterocycles. The molecule has 0 saturated heterocycles. The van der Waals surface area contributed by atoms with Crippen LogP contribution in [0.25, 0.3) is 0 Å². The highest BCUT2D eigenvalue weighted by Gasteiger charge is 2.17. The highest BCUT2D eigenvalue weighted by molar-refractivity contribution is 5.29. The predicted octanol–water partition coefficient (Wildman–Crippen LogP) is 2.87. The Balaban J connectivity index is 1.76. The van der Waals surface area contributed by atoms with Crippen LogP contribution in [0.3, 0.4) is 0 Å². The first-order chi connectivity index (χ1) is 8.79. The van der Waals surface area contributed by atoms with Crippen LogP contribution in [0.5, 0.6) is 0 Å². The Hall–Kier alpha value is -0.860. The minimum absolute atomic E-state index is 0.587. The van der Waals surface area contributed by atoms with Crippen LogP contribution in [0, 0.1) is 0 Å². The van der Waals surface area contributed by atoms with E-state index in [1.54, 1.807) is 0 Å². The van der Waals surface area contributed by atoms with Crippen LogP contribution < -0.4 is 10.6 Å². The molecule has 0 fully saturated rings. The number of hydrogen-bond donors (Lipinski definition) is 2. The van der Waals surface area contributed by atoms with E-state index in [9.17, 15) is 0 Å². The molecule has 0 aliphatic carbocycles. The van der Waals surface area contributed by atoms with Crippen molar-refractivity contribution in [3.63, 3.8) is 0 Å². The zero-order valence-electron chi connectivity index (χ0n) is 11.7. The smallest absolute Gasteiger partial charge is 0.0236 e. The number of rotatable bonds is 6. The molecule has 2 nitrogen and oxygen atoms in total. The highest BCUT2D eigenvalue weighted by Crippen LogP contribution is 2.15. The standard InChI is InChI=1S/C16H26N2/c1-3-4-7-13(2)17-12-16-10-14-8-5-6-9-15(14)11-18-16/h5-6,8-9,13,16-18H,3-4,7,10-12H2,1-2H3/t13?,16-/m1/s1. The third-order valence-corrected chi connectivity index (χ3v) is 3.87. The summed E-state index contributed by atoms with van der Waals surface area (Å²) in [6.07, 6.45) is 5.07. The van der Waals surface area contributed by atoms with E-state index in [2.05, 4.69) is 48.7 Å². The third kappa shape index (κ3) is 3.82. The summed E-state index contributed by atoms with van der Waals surface area (Å²) in [6.45, 7) is 6.66. The molecule has 0 bridgehead atoms. The van der Waals surface area contributed by atoms with Gasteiger partial charge in [0, 0.05) is 25.2 Å². The molecule has 2 N–H and O–H groups in total. The fourth-order valence-electron chi connectivity index (χ4n) is 2.62. The zero-order chi connectivity index (χ0) is 12.8. The van der Waals surface area contributed by atoms with E-state index in [1.807, 2.05) is 0 Å². The molecule has 18 heavy (non-hydrogen) atoms. The summed E-state index contributed by atoms with van der Waals surface area (Å²) in [5.74, 6) is 0. The van der Waals surface area contributed by atoms with Gasteiger partial charge in [0.15, 0.2) is 0 Å². The molecule has 2 rings (SSSR count). The van der Waals surface area contributed by atoms with Gasteiger partial charge in [-0.25, -0.2) is 0 Å². The first kappa shape index (κ1) is 13.6. The van der Waals surface area contributed by atoms with Gasteiger partial charge in [-0.15, -0.1) is 0 Å². The molecular weight excluding hydrogens is 220 g/mol. The van der Waals surface area contributed by atoms with Crippen molar-refractivity contribution < 1.29 is 0 Å². The minimum Gasteiger partial charge on any atom is -0.313 e. The Morgan fingerprint density at radius 1 is 1.33 bits per heavy atom. The summed E-state index contributed by atoms with van der Waals surface area (Å²) in [7, 11) is 0. The van der Waals surface area contributed by atoms with Gasteiger partial charge >= 0.3 is 0 Å². The number of nitrogens with one attached hydrogen (secondary N) is 2. The molecule has 0 saturated carbocycles. The summed E-state index contributed by atoms with van der Waals surface area (Å²) >= 11 is 0. The van der Waals surface area contributed by atoms with E-state index in [-0.39, 0.29) is 0 Å². The van der Waals surface area contributed by atoms with E-state index in [0.29, 0.717) is 12.1 Å². The Labute approximate surface area is 111 Å². The maximum Gasteiger partial charge on any atom is 0.0236 e. The van der Waals surface area contributed by atoms with Gasteiger partial charge in [-0.2, -0.15) is 0 Å². The van der Waals surface area contributed by atoms with Crippen molar-refractivity contribution in [1.82, 2.24) is 10.6 Å². The van der Waals surface area contributed by atoms with Crippen molar-refractivity contribution in [2.24, 2.45) is 0 Å². The quantitative estimate of drug-likeness (QED) is 0.806. The van der Waals surface area contributed by atoms with Gasteiger partial charge in [0.05, 0.1) is 0 Å². The Kier molecular flexibility index (Phi) is 5.21. The van der Waals surface area contributed by atoms with E-state index >= 15 is 0 Å². The minimum atomic E-state index is 0.587. The Morgan fingerprint density at radius 3 is 2.89 bits per heavy atom. The van der Waals surface area contributed by atoms with E-state index in [1.165, 1.54) is 30.4 Å². The molecule has 1 aromatic carbocycles. The molecule has 1 aliphatic heterocycles. The maximum absolute atomic E-state index is 3.66. The van der Waals surface area contributed by atoms with Gasteiger partial charge in [0.25, 0.3) is 0 Å². The fourth-order valence-corrected chi connectivity index (χ4v) is 2.62. The van der Waals surface area contributed by atoms with Crippen molar-refractivity contribution in [2.75, 3.05) is 6.54 Å². The summed E-state index contributed by atoms with van der Waals surface area (Å²) < 4.78 is 0. The van der Waals surface area contributed by atoms with Crippen LogP contribution in [0.2, 0.25) is 0 Å². The normalized spacial score (nSPS) is 20.4. The zero-order valence-corrected chi connectivity index (χ0v) is 11.7. The summed E-state index contributed by atoms with van der Waals surface area (Å²) in [5.41, 5.74) is 2.98. The first-order valence-electron chi connectivity index (χ1n) is 7.33.